The lowest BCUT2D eigenvalue weighted by Gasteiger charge is -2.24. The topological polar surface area (TPSA) is 69.9 Å². The van der Waals surface area contributed by atoms with Crippen LogP contribution in [-0.2, 0) is 10.4 Å². The second kappa shape index (κ2) is 4.13. The highest BCUT2D eigenvalue weighted by Gasteiger charge is 2.44. The molecule has 90 valence electrons. The van der Waals surface area contributed by atoms with Crippen LogP contribution in [0.5, 0.6) is 0 Å². The minimum Gasteiger partial charge on any atom is -0.480 e. The van der Waals surface area contributed by atoms with Crippen LogP contribution in [-0.4, -0.2) is 27.9 Å². The summed E-state index contributed by atoms with van der Waals surface area (Å²) in [7, 11) is 0. The van der Waals surface area contributed by atoms with E-state index in [1.807, 2.05) is 0 Å². The molecular weight excluding hydrogens is 242 g/mol. The maximum absolute atomic E-state index is 10.9. The zero-order valence-corrected chi connectivity index (χ0v) is 9.98. The van der Waals surface area contributed by atoms with E-state index in [2.05, 4.69) is 4.99 Å². The van der Waals surface area contributed by atoms with Gasteiger partial charge in [-0.3, -0.25) is 4.99 Å². The van der Waals surface area contributed by atoms with Gasteiger partial charge in [0.2, 0.25) is 0 Å². The van der Waals surface area contributed by atoms with Crippen LogP contribution in [0.1, 0.15) is 18.9 Å². The molecule has 0 radical (unpaired) electrons. The maximum Gasteiger partial charge on any atom is 0.328 e. The number of aliphatic carboxylic acids is 1. The van der Waals surface area contributed by atoms with Crippen molar-refractivity contribution in [1.29, 1.82) is 0 Å². The van der Waals surface area contributed by atoms with E-state index in [9.17, 15) is 9.90 Å². The fraction of sp³-hybridized carbons (Fsp3) is 0.333. The molecule has 0 saturated carbocycles. The molecule has 4 nitrogen and oxygen atoms in total. The number of hydrogen-bond acceptors (Lipinski definition) is 3. The van der Waals surface area contributed by atoms with Crippen LogP contribution in [0.15, 0.2) is 29.3 Å². The first-order valence-electron chi connectivity index (χ1n) is 5.20. The minimum atomic E-state index is -1.37. The largest absolute Gasteiger partial charge is 0.480 e. The van der Waals surface area contributed by atoms with Crippen LogP contribution < -0.4 is 0 Å². The predicted molar refractivity (Wildman–Crippen MR) is 64.5 cm³/mol. The molecule has 1 aromatic rings. The molecule has 0 fully saturated rings. The highest BCUT2D eigenvalue weighted by molar-refractivity contribution is 6.31. The smallest absolute Gasteiger partial charge is 0.328 e. The lowest BCUT2D eigenvalue weighted by molar-refractivity contribution is -0.139. The Hall–Kier alpha value is -1.39. The van der Waals surface area contributed by atoms with Crippen molar-refractivity contribution in [1.82, 2.24) is 0 Å². The SMILES string of the molecule is CC1=N[C@H](C(=O)O)C[C@]1(O)c1ccccc1Cl. The molecule has 2 N–H and O–H groups in total. The van der Waals surface area contributed by atoms with Crippen LogP contribution in [0, 0.1) is 0 Å². The summed E-state index contributed by atoms with van der Waals surface area (Å²) in [6.07, 6.45) is 0.0257. The molecule has 1 aliphatic heterocycles. The first-order valence-corrected chi connectivity index (χ1v) is 5.58. The quantitative estimate of drug-likeness (QED) is 0.845. The van der Waals surface area contributed by atoms with E-state index in [0.717, 1.165) is 0 Å². The van der Waals surface area contributed by atoms with Gasteiger partial charge in [0.25, 0.3) is 0 Å². The molecule has 0 aliphatic carbocycles. The summed E-state index contributed by atoms with van der Waals surface area (Å²) in [5, 5.41) is 19.9. The summed E-state index contributed by atoms with van der Waals surface area (Å²) in [5.74, 6) is -1.03. The summed E-state index contributed by atoms with van der Waals surface area (Å²) in [5.41, 5.74) is -0.480. The van der Waals surface area contributed by atoms with Crippen molar-refractivity contribution < 1.29 is 15.0 Å². The molecule has 0 unspecified atom stereocenters. The Kier molecular flexibility index (Phi) is 2.93. The fourth-order valence-electron chi connectivity index (χ4n) is 2.06. The summed E-state index contributed by atoms with van der Waals surface area (Å²) in [6, 6.07) is 5.95. The zero-order chi connectivity index (χ0) is 12.6. The highest BCUT2D eigenvalue weighted by Crippen LogP contribution is 2.38. The molecule has 1 aromatic carbocycles. The number of carboxylic acid groups (broad SMARTS) is 1. The third kappa shape index (κ3) is 1.94. The molecule has 0 saturated heterocycles. The number of nitrogens with zero attached hydrogens (tertiary/aromatic N) is 1. The Labute approximate surface area is 104 Å². The Bertz CT molecular complexity index is 500. The first kappa shape index (κ1) is 12.1. The molecule has 17 heavy (non-hydrogen) atoms. The van der Waals surface area contributed by atoms with Crippen molar-refractivity contribution >= 4 is 23.3 Å². The van der Waals surface area contributed by atoms with Crippen molar-refractivity contribution in [3.63, 3.8) is 0 Å². The lowest BCUT2D eigenvalue weighted by atomic mass is 9.87. The number of aliphatic imine (C=N–C) groups is 1. The molecule has 0 bridgehead atoms. The van der Waals surface area contributed by atoms with E-state index in [1.165, 1.54) is 0 Å². The van der Waals surface area contributed by atoms with Crippen molar-refractivity contribution in [3.8, 4) is 0 Å². The van der Waals surface area contributed by atoms with Gasteiger partial charge in [0.1, 0.15) is 5.60 Å². The second-order valence-corrected chi connectivity index (χ2v) is 4.52. The van der Waals surface area contributed by atoms with Crippen molar-refractivity contribution in [2.75, 3.05) is 0 Å². The summed E-state index contributed by atoms with van der Waals surface area (Å²) >= 11 is 6.02. The van der Waals surface area contributed by atoms with E-state index in [0.29, 0.717) is 16.3 Å². The lowest BCUT2D eigenvalue weighted by Crippen LogP contribution is -2.33. The maximum atomic E-state index is 10.9. The van der Waals surface area contributed by atoms with Crippen LogP contribution in [0.2, 0.25) is 5.02 Å². The van der Waals surface area contributed by atoms with Crippen LogP contribution in [0.25, 0.3) is 0 Å². The van der Waals surface area contributed by atoms with Gasteiger partial charge in [0.15, 0.2) is 6.04 Å². The highest BCUT2D eigenvalue weighted by atomic mass is 35.5. The Balaban J connectivity index is 2.43. The number of hydrogen-bond donors (Lipinski definition) is 2. The Morgan fingerprint density at radius 2 is 2.18 bits per heavy atom. The monoisotopic (exact) mass is 253 g/mol. The normalized spacial score (nSPS) is 27.9. The van der Waals surface area contributed by atoms with Gasteiger partial charge < -0.3 is 10.2 Å². The number of rotatable bonds is 2. The number of carboxylic acids is 1. The van der Waals surface area contributed by atoms with Crippen LogP contribution in [0.3, 0.4) is 0 Å². The molecular formula is C12H12ClNO3. The van der Waals surface area contributed by atoms with Gasteiger partial charge in [-0.25, -0.2) is 4.79 Å². The Morgan fingerprint density at radius 1 is 1.53 bits per heavy atom. The second-order valence-electron chi connectivity index (χ2n) is 4.11. The van der Waals surface area contributed by atoms with Gasteiger partial charge in [-0.15, -0.1) is 0 Å². The molecule has 0 spiro atoms. The number of benzene rings is 1. The molecule has 0 amide bonds. The van der Waals surface area contributed by atoms with Gasteiger partial charge in [0, 0.05) is 22.7 Å². The van der Waals surface area contributed by atoms with E-state index >= 15 is 0 Å². The molecule has 2 atom stereocenters. The van der Waals surface area contributed by atoms with E-state index in [1.54, 1.807) is 31.2 Å². The average Bonchev–Trinajstić information content (AvgIpc) is 2.57. The van der Waals surface area contributed by atoms with Gasteiger partial charge in [-0.2, -0.15) is 0 Å². The molecule has 2 rings (SSSR count). The average molecular weight is 254 g/mol. The molecule has 1 aliphatic rings. The van der Waals surface area contributed by atoms with E-state index in [4.69, 9.17) is 16.7 Å². The summed E-state index contributed by atoms with van der Waals surface area (Å²) < 4.78 is 0. The molecule has 5 heteroatoms. The Morgan fingerprint density at radius 3 is 2.71 bits per heavy atom. The molecule has 0 aromatic heterocycles. The third-order valence-electron chi connectivity index (χ3n) is 3.04. The number of aliphatic hydroxyl groups is 1. The van der Waals surface area contributed by atoms with Crippen molar-refractivity contribution in [2.45, 2.75) is 25.0 Å². The van der Waals surface area contributed by atoms with Crippen LogP contribution in [0.4, 0.5) is 0 Å². The van der Waals surface area contributed by atoms with Gasteiger partial charge in [-0.1, -0.05) is 29.8 Å². The fourth-order valence-corrected chi connectivity index (χ4v) is 2.35. The summed E-state index contributed by atoms with van der Waals surface area (Å²) in [6.45, 7) is 1.62. The van der Waals surface area contributed by atoms with Gasteiger partial charge >= 0.3 is 5.97 Å². The van der Waals surface area contributed by atoms with E-state index < -0.39 is 17.6 Å². The predicted octanol–water partition coefficient (Wildman–Crippen LogP) is 1.85. The number of carbonyl (C=O) groups is 1. The van der Waals surface area contributed by atoms with Crippen LogP contribution >= 0.6 is 11.6 Å². The standard InChI is InChI=1S/C12H12ClNO3/c1-7-12(17,6-10(14-7)11(15)16)8-4-2-3-5-9(8)13/h2-5,10,17H,6H2,1H3,(H,15,16)/t10-,12+/m0/s1. The zero-order valence-electron chi connectivity index (χ0n) is 9.22. The third-order valence-corrected chi connectivity index (χ3v) is 3.37. The van der Waals surface area contributed by atoms with Gasteiger partial charge in [0.05, 0.1) is 0 Å². The van der Waals surface area contributed by atoms with Crippen molar-refractivity contribution in [3.05, 3.63) is 34.9 Å². The van der Waals surface area contributed by atoms with Crippen molar-refractivity contribution in [2.24, 2.45) is 4.99 Å². The molecule has 1 heterocycles. The summed E-state index contributed by atoms with van der Waals surface area (Å²) in [4.78, 5) is 14.9. The van der Waals surface area contributed by atoms with Gasteiger partial charge in [-0.05, 0) is 13.0 Å². The number of halogens is 1. The first-order chi connectivity index (χ1) is 7.95. The minimum absolute atomic E-state index is 0.0257. The van der Waals surface area contributed by atoms with E-state index in [-0.39, 0.29) is 6.42 Å².